The second kappa shape index (κ2) is 14.6. The van der Waals surface area contributed by atoms with Crippen LogP contribution in [0.1, 0.15) is 19.8 Å². The zero-order chi connectivity index (χ0) is 37.4. The summed E-state index contributed by atoms with van der Waals surface area (Å²) in [5.41, 5.74) is -0.906. The second-order valence-electron chi connectivity index (χ2n) is 10.7. The first-order valence-corrected chi connectivity index (χ1v) is 18.3. The van der Waals surface area contributed by atoms with Gasteiger partial charge in [-0.1, -0.05) is 19.1 Å². The quantitative estimate of drug-likeness (QED) is 0.134. The van der Waals surface area contributed by atoms with Crippen molar-refractivity contribution in [2.75, 3.05) is 23.7 Å². The molecular formula is C29H26N4O14S4. The van der Waals surface area contributed by atoms with Crippen molar-refractivity contribution < 1.29 is 56.9 Å². The van der Waals surface area contributed by atoms with Gasteiger partial charge in [-0.05, 0) is 42.8 Å². The van der Waals surface area contributed by atoms with Crippen LogP contribution >= 0.6 is 34.9 Å². The molecule has 2 aliphatic rings. The van der Waals surface area contributed by atoms with Gasteiger partial charge >= 0.3 is 23.8 Å². The molecule has 1 aromatic carbocycles. The van der Waals surface area contributed by atoms with Crippen molar-refractivity contribution in [2.45, 2.75) is 32.9 Å². The van der Waals surface area contributed by atoms with Gasteiger partial charge in [0.2, 0.25) is 11.6 Å². The van der Waals surface area contributed by atoms with Crippen LogP contribution in [0, 0.1) is 9.20 Å². The van der Waals surface area contributed by atoms with Gasteiger partial charge in [-0.25, -0.2) is 0 Å². The van der Waals surface area contributed by atoms with Crippen LogP contribution in [0.3, 0.4) is 0 Å². The Morgan fingerprint density at radius 3 is 2.12 bits per heavy atom. The highest BCUT2D eigenvalue weighted by Crippen LogP contribution is 2.39. The first kappa shape index (κ1) is 37.1. The summed E-state index contributed by atoms with van der Waals surface area (Å²) < 4.78 is 43.9. The Kier molecular flexibility index (Phi) is 10.6. The fourth-order valence-electron chi connectivity index (χ4n) is 5.13. The fourth-order valence-corrected chi connectivity index (χ4v) is 8.33. The third-order valence-corrected chi connectivity index (χ3v) is 10.9. The maximum atomic E-state index is 13.9. The number of hydrogen-bond donors (Lipinski definition) is 4. The number of para-hydroxylation sites is 2. The number of allylic oxidation sites excluding steroid dienone is 1. The largest absolute Gasteiger partial charge is 0.480 e. The molecule has 0 atom stereocenters. The third-order valence-electron chi connectivity index (χ3n) is 7.28. The lowest BCUT2D eigenvalue weighted by atomic mass is 10.2. The molecule has 1 fully saturated rings. The van der Waals surface area contributed by atoms with Gasteiger partial charge in [-0.2, -0.15) is 8.42 Å². The van der Waals surface area contributed by atoms with E-state index in [-0.39, 0.29) is 43.7 Å². The summed E-state index contributed by atoms with van der Waals surface area (Å²) in [6.07, 6.45) is 1.70. The number of aliphatic carboxylic acids is 3. The van der Waals surface area contributed by atoms with Crippen molar-refractivity contribution in [1.82, 2.24) is 14.0 Å². The molecule has 0 radical (unpaired) electrons. The van der Waals surface area contributed by atoms with E-state index in [0.29, 0.717) is 37.8 Å². The number of carbonyl (C=O) groups is 4. The first-order chi connectivity index (χ1) is 24.0. The number of nitrogens with zero attached hydrogens (tertiary/aromatic N) is 4. The van der Waals surface area contributed by atoms with E-state index in [1.807, 2.05) is 0 Å². The SMILES string of the molecule is CCC(/C=C1\Oc2ccccc2N1CCCS(=O)(=O)O)=c1\s/c(=c2/s/c(=C3/OC(=S)N(CC(=O)O)C3=O)n(CC(=O)O)c2=O)n(CC(=O)O)c1=O. The summed E-state index contributed by atoms with van der Waals surface area (Å²) in [7, 11) is -4.26. The molecule has 51 heavy (non-hydrogen) atoms. The molecule has 0 unspecified atom stereocenters. The van der Waals surface area contributed by atoms with Crippen molar-refractivity contribution in [3.05, 3.63) is 75.3 Å². The van der Waals surface area contributed by atoms with Gasteiger partial charge in [-0.15, -0.1) is 22.7 Å². The number of benzene rings is 1. The minimum Gasteiger partial charge on any atom is -0.480 e. The molecule has 4 heterocycles. The minimum absolute atomic E-state index is 0.00696. The molecule has 1 saturated heterocycles. The lowest BCUT2D eigenvalue weighted by molar-refractivity contribution is -0.140. The first-order valence-electron chi connectivity index (χ1n) is 14.6. The van der Waals surface area contributed by atoms with E-state index in [9.17, 15) is 57.1 Å². The monoisotopic (exact) mass is 782 g/mol. The van der Waals surface area contributed by atoms with Crippen LogP contribution in [-0.4, -0.2) is 90.2 Å². The van der Waals surface area contributed by atoms with Crippen LogP contribution in [0.5, 0.6) is 5.75 Å². The standard InChI is InChI=1S/C29H26N4O14S4/c1-2-14(10-17-30(8-5-9-51(43,44)45)15-6-3-4-7-16(15)46-17)22-25(41)32(12-19(36)37)28(49-22)23-26(42)31(11-18(34)35)27(50-23)21-24(40)33(13-20(38)39)29(48)47-21/h3-4,6-7,10H,2,5,8-9,11-13H2,1H3,(H,34,35)(H,36,37)(H,38,39)(H,43,44,45)/b17-10-,22-14+,27-21+,28-23+. The van der Waals surface area contributed by atoms with Crippen LogP contribution in [0.4, 0.5) is 5.69 Å². The van der Waals surface area contributed by atoms with Gasteiger partial charge in [0.25, 0.3) is 26.4 Å². The number of anilines is 1. The van der Waals surface area contributed by atoms with Crippen molar-refractivity contribution in [3.8, 4) is 5.75 Å². The van der Waals surface area contributed by atoms with Crippen LogP contribution in [-0.2, 0) is 47.1 Å². The van der Waals surface area contributed by atoms with Gasteiger partial charge in [0, 0.05) is 12.6 Å². The Morgan fingerprint density at radius 2 is 1.51 bits per heavy atom. The average Bonchev–Trinajstić information content (AvgIpc) is 3.73. The zero-order valence-corrected chi connectivity index (χ0v) is 29.4. The highest BCUT2D eigenvalue weighted by atomic mass is 32.2. The summed E-state index contributed by atoms with van der Waals surface area (Å²) in [5, 5.41) is 27.9. The number of aromatic nitrogens is 2. The number of rotatable bonds is 12. The normalized spacial score (nSPS) is 17.4. The third kappa shape index (κ3) is 7.78. The maximum Gasteiger partial charge on any atom is 0.323 e. The molecule has 0 saturated carbocycles. The van der Waals surface area contributed by atoms with E-state index < -0.39 is 81.4 Å². The summed E-state index contributed by atoms with van der Waals surface area (Å²) in [6.45, 7) is -0.983. The molecule has 22 heteroatoms. The molecule has 18 nitrogen and oxygen atoms in total. The number of ether oxygens (including phenoxy) is 2. The maximum absolute atomic E-state index is 13.9. The summed E-state index contributed by atoms with van der Waals surface area (Å²) in [4.78, 5) is 78.0. The van der Waals surface area contributed by atoms with Crippen LogP contribution in [0.2, 0.25) is 0 Å². The lowest BCUT2D eigenvalue weighted by Crippen LogP contribution is -2.35. The molecule has 270 valence electrons. The fraction of sp³-hybridized carbons (Fsp3) is 0.276. The predicted octanol–water partition coefficient (Wildman–Crippen LogP) is -0.495. The minimum atomic E-state index is -4.26. The van der Waals surface area contributed by atoms with E-state index in [1.54, 1.807) is 36.1 Å². The Labute approximate surface area is 298 Å². The van der Waals surface area contributed by atoms with Crippen LogP contribution in [0.15, 0.2) is 45.8 Å². The van der Waals surface area contributed by atoms with E-state index in [2.05, 4.69) is 0 Å². The van der Waals surface area contributed by atoms with Crippen molar-refractivity contribution >= 4 is 91.0 Å². The molecule has 0 spiro atoms. The molecule has 5 rings (SSSR count). The van der Waals surface area contributed by atoms with Gasteiger partial charge in [0.15, 0.2) is 5.75 Å². The van der Waals surface area contributed by atoms with Gasteiger partial charge < -0.3 is 29.7 Å². The number of fused-ring (bicyclic) bond motifs is 1. The van der Waals surface area contributed by atoms with Crippen LogP contribution in [0.25, 0.3) is 11.3 Å². The van der Waals surface area contributed by atoms with Gasteiger partial charge in [-0.3, -0.25) is 47.4 Å². The molecule has 2 aliphatic heterocycles. The number of thiazole rings is 2. The van der Waals surface area contributed by atoms with Gasteiger partial charge in [0.1, 0.15) is 33.5 Å². The number of carboxylic acid groups (broad SMARTS) is 3. The highest BCUT2D eigenvalue weighted by molar-refractivity contribution is 7.85. The summed E-state index contributed by atoms with van der Waals surface area (Å²) in [5.74, 6) is -5.97. The van der Waals surface area contributed by atoms with Crippen molar-refractivity contribution in [3.63, 3.8) is 0 Å². The summed E-state index contributed by atoms with van der Waals surface area (Å²) >= 11 is 6.23. The predicted molar refractivity (Wildman–Crippen MR) is 183 cm³/mol. The number of amides is 1. The number of carbonyl (C=O) groups excluding carboxylic acids is 1. The molecule has 3 aromatic rings. The molecule has 0 bridgehead atoms. The Balaban J connectivity index is 1.79. The smallest absolute Gasteiger partial charge is 0.323 e. The van der Waals surface area contributed by atoms with E-state index in [4.69, 9.17) is 21.7 Å². The van der Waals surface area contributed by atoms with Crippen LogP contribution < -0.4 is 30.0 Å². The lowest BCUT2D eigenvalue weighted by Gasteiger charge is -2.18. The topological polar surface area (TPSA) is 252 Å². The molecule has 0 aliphatic carbocycles. The average molecular weight is 783 g/mol. The Hall–Kier alpha value is -5.16. The molecular weight excluding hydrogens is 757 g/mol. The van der Waals surface area contributed by atoms with E-state index in [1.165, 1.54) is 6.08 Å². The van der Waals surface area contributed by atoms with Crippen molar-refractivity contribution in [1.29, 1.82) is 0 Å². The molecule has 2 aromatic heterocycles. The molecule has 4 N–H and O–H groups in total. The van der Waals surface area contributed by atoms with Gasteiger partial charge in [0.05, 0.1) is 16.0 Å². The Bertz CT molecular complexity index is 2490. The van der Waals surface area contributed by atoms with E-state index in [0.717, 1.165) is 15.9 Å². The second-order valence-corrected chi connectivity index (χ2v) is 14.7. The number of carboxylic acids is 3. The molecule has 1 amide bonds. The summed E-state index contributed by atoms with van der Waals surface area (Å²) in [6, 6.07) is 6.83. The highest BCUT2D eigenvalue weighted by Gasteiger charge is 2.37. The van der Waals surface area contributed by atoms with E-state index >= 15 is 0 Å². The van der Waals surface area contributed by atoms with Crippen molar-refractivity contribution in [2.24, 2.45) is 0 Å². The number of thiocarbonyl (C=S) groups is 1. The Morgan fingerprint density at radius 1 is 0.882 bits per heavy atom. The zero-order valence-electron chi connectivity index (χ0n) is 26.1. The number of hydrogen-bond acceptors (Lipinski definition) is 14.